The third kappa shape index (κ3) is 5.80. The Balaban J connectivity index is 1.50. The Kier molecular flexibility index (Phi) is 7.24. The number of piperidine rings is 1. The normalized spacial score (nSPS) is 15.9. The number of carbonyl (C=O) groups is 2. The number of amides is 2. The molecule has 1 aliphatic rings. The third-order valence-electron chi connectivity index (χ3n) is 5.15. The summed E-state index contributed by atoms with van der Waals surface area (Å²) in [4.78, 5) is 30.7. The second-order valence-electron chi connectivity index (χ2n) is 7.33. The van der Waals surface area contributed by atoms with Gasteiger partial charge in [0.25, 0.3) is 5.91 Å². The van der Waals surface area contributed by atoms with Gasteiger partial charge < -0.3 is 15.0 Å². The van der Waals surface area contributed by atoms with Crippen LogP contribution in [0.5, 0.6) is 5.75 Å². The van der Waals surface area contributed by atoms with Crippen LogP contribution in [-0.4, -0.2) is 62.4 Å². The molecule has 1 atom stereocenters. The molecule has 2 aromatic rings. The number of methoxy groups -OCH3 is 1. The van der Waals surface area contributed by atoms with Gasteiger partial charge in [-0.05, 0) is 56.2 Å². The number of likely N-dealkylation sites (tertiary alicyclic amines) is 1. The van der Waals surface area contributed by atoms with Crippen LogP contribution >= 0.6 is 0 Å². The molecule has 0 radical (unpaired) electrons. The highest BCUT2D eigenvalue weighted by Crippen LogP contribution is 2.16. The minimum atomic E-state index is -3.85. The Morgan fingerprint density at radius 1 is 1.10 bits per heavy atom. The van der Waals surface area contributed by atoms with Crippen molar-refractivity contribution < 1.29 is 22.7 Å². The first kappa shape index (κ1) is 22.7. The molecule has 0 unspecified atom stereocenters. The van der Waals surface area contributed by atoms with E-state index in [9.17, 15) is 18.0 Å². The highest BCUT2D eigenvalue weighted by Gasteiger charge is 2.27. The van der Waals surface area contributed by atoms with Crippen molar-refractivity contribution in [3.05, 3.63) is 54.4 Å². The summed E-state index contributed by atoms with van der Waals surface area (Å²) in [7, 11) is -2.35. The second kappa shape index (κ2) is 9.88. The predicted octanol–water partition coefficient (Wildman–Crippen LogP) is 1.18. The van der Waals surface area contributed by atoms with Crippen LogP contribution in [0.1, 0.15) is 30.1 Å². The van der Waals surface area contributed by atoms with Crippen molar-refractivity contribution in [2.24, 2.45) is 0 Å². The second-order valence-corrected chi connectivity index (χ2v) is 9.04. The van der Waals surface area contributed by atoms with Crippen LogP contribution in [-0.2, 0) is 14.8 Å². The van der Waals surface area contributed by atoms with E-state index in [4.69, 9.17) is 4.74 Å². The van der Waals surface area contributed by atoms with Gasteiger partial charge in [0.05, 0.1) is 18.0 Å². The van der Waals surface area contributed by atoms with Crippen LogP contribution in [0, 0.1) is 0 Å². The Labute approximate surface area is 181 Å². The predicted molar refractivity (Wildman–Crippen MR) is 114 cm³/mol. The van der Waals surface area contributed by atoms with Gasteiger partial charge in [-0.1, -0.05) is 0 Å². The summed E-state index contributed by atoms with van der Waals surface area (Å²) in [5, 5.41) is 2.88. The summed E-state index contributed by atoms with van der Waals surface area (Å²) >= 11 is 0. The zero-order chi connectivity index (χ0) is 22.4. The van der Waals surface area contributed by atoms with Crippen LogP contribution in [0.15, 0.2) is 53.7 Å². The van der Waals surface area contributed by atoms with Crippen molar-refractivity contribution in [3.63, 3.8) is 0 Å². The van der Waals surface area contributed by atoms with Gasteiger partial charge in [0.15, 0.2) is 0 Å². The number of carbonyl (C=O) groups excluding carboxylic acids is 2. The molecule has 0 spiro atoms. The Morgan fingerprint density at radius 2 is 1.71 bits per heavy atom. The molecule has 1 aromatic heterocycles. The zero-order valence-corrected chi connectivity index (χ0v) is 18.3. The largest absolute Gasteiger partial charge is 0.497 e. The first-order valence-corrected chi connectivity index (χ1v) is 11.4. The number of sulfonamides is 1. The number of nitrogens with zero attached hydrogens (tertiary/aromatic N) is 2. The Bertz CT molecular complexity index is 1000. The molecule has 2 heterocycles. The Hall–Kier alpha value is -2.98. The summed E-state index contributed by atoms with van der Waals surface area (Å²) in [6.07, 6.45) is 4.35. The van der Waals surface area contributed by atoms with Crippen molar-refractivity contribution >= 4 is 21.8 Å². The molecule has 10 heteroatoms. The van der Waals surface area contributed by atoms with E-state index >= 15 is 0 Å². The molecule has 1 fully saturated rings. The van der Waals surface area contributed by atoms with Crippen molar-refractivity contribution in [1.82, 2.24) is 19.9 Å². The number of benzene rings is 1. The molecule has 1 saturated heterocycles. The molecule has 3 rings (SSSR count). The number of hydrogen-bond acceptors (Lipinski definition) is 6. The maximum atomic E-state index is 12.5. The number of ether oxygens (including phenoxy) is 1. The van der Waals surface area contributed by atoms with E-state index in [0.29, 0.717) is 37.2 Å². The molecule has 1 aliphatic heterocycles. The average Bonchev–Trinajstić information content (AvgIpc) is 2.79. The van der Waals surface area contributed by atoms with E-state index in [1.807, 2.05) is 0 Å². The van der Waals surface area contributed by atoms with Crippen molar-refractivity contribution in [1.29, 1.82) is 0 Å². The Morgan fingerprint density at radius 3 is 2.29 bits per heavy atom. The van der Waals surface area contributed by atoms with E-state index in [1.54, 1.807) is 41.6 Å². The minimum Gasteiger partial charge on any atom is -0.497 e. The SMILES string of the molecule is COc1ccc(S(=O)(=O)N[C@@H](C)C(=O)NC2CCN(C(=O)c3ccncc3)CC2)cc1. The van der Waals surface area contributed by atoms with E-state index in [1.165, 1.54) is 26.2 Å². The quantitative estimate of drug-likeness (QED) is 0.659. The number of pyridine rings is 1. The van der Waals surface area contributed by atoms with Crippen LogP contribution in [0.25, 0.3) is 0 Å². The summed E-state index contributed by atoms with van der Waals surface area (Å²) < 4.78 is 32.4. The molecule has 166 valence electrons. The fourth-order valence-electron chi connectivity index (χ4n) is 3.34. The molecule has 0 bridgehead atoms. The average molecular weight is 447 g/mol. The molecule has 2 amide bonds. The number of rotatable bonds is 7. The molecule has 2 N–H and O–H groups in total. The lowest BCUT2D eigenvalue weighted by molar-refractivity contribution is -0.123. The zero-order valence-electron chi connectivity index (χ0n) is 17.4. The molecular weight excluding hydrogens is 420 g/mol. The number of aromatic nitrogens is 1. The van der Waals surface area contributed by atoms with Crippen LogP contribution in [0.3, 0.4) is 0 Å². The smallest absolute Gasteiger partial charge is 0.253 e. The van der Waals surface area contributed by atoms with E-state index in [-0.39, 0.29) is 16.8 Å². The fraction of sp³-hybridized carbons (Fsp3) is 0.381. The van der Waals surface area contributed by atoms with E-state index in [2.05, 4.69) is 15.0 Å². The summed E-state index contributed by atoms with van der Waals surface area (Å²) in [6, 6.07) is 8.20. The fourth-order valence-corrected chi connectivity index (χ4v) is 4.54. The lowest BCUT2D eigenvalue weighted by Gasteiger charge is -2.33. The molecule has 9 nitrogen and oxygen atoms in total. The first-order chi connectivity index (χ1) is 14.8. The van der Waals surface area contributed by atoms with E-state index in [0.717, 1.165) is 0 Å². The lowest BCUT2D eigenvalue weighted by atomic mass is 10.0. The summed E-state index contributed by atoms with van der Waals surface area (Å²) in [6.45, 7) is 2.52. The summed E-state index contributed by atoms with van der Waals surface area (Å²) in [5.41, 5.74) is 0.582. The van der Waals surface area contributed by atoms with Gasteiger partial charge in [0, 0.05) is 37.1 Å². The van der Waals surface area contributed by atoms with Gasteiger partial charge >= 0.3 is 0 Å². The van der Waals surface area contributed by atoms with Crippen LogP contribution in [0.4, 0.5) is 0 Å². The topological polar surface area (TPSA) is 118 Å². The van der Waals surface area contributed by atoms with Crippen LogP contribution < -0.4 is 14.8 Å². The highest BCUT2D eigenvalue weighted by molar-refractivity contribution is 7.89. The summed E-state index contributed by atoms with van der Waals surface area (Å²) in [5.74, 6) is 0.0716. The molecule has 31 heavy (non-hydrogen) atoms. The highest BCUT2D eigenvalue weighted by atomic mass is 32.2. The van der Waals surface area contributed by atoms with Gasteiger partial charge in [0.2, 0.25) is 15.9 Å². The van der Waals surface area contributed by atoms with E-state index < -0.39 is 22.0 Å². The maximum Gasteiger partial charge on any atom is 0.253 e. The molecule has 0 aliphatic carbocycles. The molecular formula is C21H26N4O5S. The van der Waals surface area contributed by atoms with Gasteiger partial charge in [-0.25, -0.2) is 8.42 Å². The van der Waals surface area contributed by atoms with Gasteiger partial charge in [-0.3, -0.25) is 14.6 Å². The van der Waals surface area contributed by atoms with Crippen molar-refractivity contribution in [2.45, 2.75) is 36.7 Å². The number of hydrogen-bond donors (Lipinski definition) is 2. The van der Waals surface area contributed by atoms with Gasteiger partial charge in [0.1, 0.15) is 5.75 Å². The first-order valence-electron chi connectivity index (χ1n) is 9.96. The standard InChI is InChI=1S/C21H26N4O5S/c1-15(24-31(28,29)19-5-3-18(30-2)4-6-19)20(26)23-17-9-13-25(14-10-17)21(27)16-7-11-22-12-8-16/h3-8,11-12,15,17,24H,9-10,13-14H2,1-2H3,(H,23,26)/t15-/m0/s1. The molecule has 1 aromatic carbocycles. The number of nitrogens with one attached hydrogen (secondary N) is 2. The monoisotopic (exact) mass is 446 g/mol. The van der Waals surface area contributed by atoms with Gasteiger partial charge in [-0.2, -0.15) is 4.72 Å². The minimum absolute atomic E-state index is 0.0517. The lowest BCUT2D eigenvalue weighted by Crippen LogP contribution is -2.51. The van der Waals surface area contributed by atoms with Gasteiger partial charge in [-0.15, -0.1) is 0 Å². The van der Waals surface area contributed by atoms with Crippen molar-refractivity contribution in [3.8, 4) is 5.75 Å². The van der Waals surface area contributed by atoms with Crippen molar-refractivity contribution in [2.75, 3.05) is 20.2 Å². The third-order valence-corrected chi connectivity index (χ3v) is 6.71. The van der Waals surface area contributed by atoms with Crippen LogP contribution in [0.2, 0.25) is 0 Å². The maximum absolute atomic E-state index is 12.5. The molecule has 0 saturated carbocycles.